The molecule has 1 saturated carbocycles. The molecule has 1 aliphatic heterocycles. The lowest BCUT2D eigenvalue weighted by Gasteiger charge is -2.38. The highest BCUT2D eigenvalue weighted by atomic mass is 127. The van der Waals surface area contributed by atoms with Crippen molar-refractivity contribution in [3.63, 3.8) is 0 Å². The molecule has 3 atom stereocenters. The number of halogens is 2. The molecule has 3 rings (SSSR count). The molecule has 3 heteroatoms. The van der Waals surface area contributed by atoms with Crippen LogP contribution in [0.4, 0.5) is 4.39 Å². The highest BCUT2D eigenvalue weighted by molar-refractivity contribution is 5.16. The molecule has 2 aliphatic rings. The van der Waals surface area contributed by atoms with E-state index < -0.39 is 0 Å². The van der Waals surface area contributed by atoms with Crippen molar-refractivity contribution in [3.8, 4) is 0 Å². The fourth-order valence-corrected chi connectivity index (χ4v) is 3.73. The Morgan fingerprint density at radius 3 is 2.65 bits per heavy atom. The van der Waals surface area contributed by atoms with Crippen molar-refractivity contribution in [2.75, 3.05) is 13.6 Å². The van der Waals surface area contributed by atoms with Gasteiger partial charge in [0, 0.05) is 17.9 Å². The molecule has 1 aliphatic carbocycles. The lowest BCUT2D eigenvalue weighted by molar-refractivity contribution is -0.938. The number of fused-ring (bicyclic) bond motifs is 2. The number of rotatable bonds is 2. The summed E-state index contributed by atoms with van der Waals surface area (Å²) < 4.78 is 14.7. The van der Waals surface area contributed by atoms with E-state index in [9.17, 15) is 4.39 Å². The number of piperidine rings is 1. The third kappa shape index (κ3) is 2.36. The van der Waals surface area contributed by atoms with Gasteiger partial charge >= 0.3 is 0 Å². The molecule has 2 bridgehead atoms. The quantitative estimate of drug-likeness (QED) is 0.520. The maximum absolute atomic E-state index is 13.6. The van der Waals surface area contributed by atoms with E-state index in [0.29, 0.717) is 0 Å². The van der Waals surface area contributed by atoms with Crippen molar-refractivity contribution in [3.05, 3.63) is 35.6 Å². The molecule has 1 nitrogen and oxygen atoms in total. The molecule has 0 N–H and O–H groups in total. The van der Waals surface area contributed by atoms with Crippen LogP contribution in [0.25, 0.3) is 0 Å². The van der Waals surface area contributed by atoms with Crippen LogP contribution in [-0.4, -0.2) is 24.1 Å². The van der Waals surface area contributed by atoms with Gasteiger partial charge in [0.2, 0.25) is 0 Å². The summed E-state index contributed by atoms with van der Waals surface area (Å²) in [5.41, 5.74) is 0.887. The molecule has 1 aromatic carbocycles. The van der Waals surface area contributed by atoms with Crippen LogP contribution in [-0.2, 0) is 6.54 Å². The highest BCUT2D eigenvalue weighted by Crippen LogP contribution is 2.42. The Bertz CT molecular complexity index is 409. The molecule has 0 amide bonds. The molecular formula is C14H19FIN. The van der Waals surface area contributed by atoms with Crippen LogP contribution < -0.4 is 24.0 Å². The zero-order valence-electron chi connectivity index (χ0n) is 10.2. The van der Waals surface area contributed by atoms with Crippen molar-refractivity contribution in [1.29, 1.82) is 0 Å². The van der Waals surface area contributed by atoms with E-state index in [0.717, 1.165) is 28.6 Å². The standard InChI is InChI=1S/C14H19FN.HI/c1-16(9-11-6-7-13(16)8-11)10-12-4-2-3-5-14(12)15;/h2-5,11,13H,6-10H2,1H3;1H/q+1;/p-1/t11?,13-,16?;/m0./s1. The molecule has 1 heterocycles. The second kappa shape index (κ2) is 4.84. The average Bonchev–Trinajstić information content (AvgIpc) is 2.81. The normalized spacial score (nSPS) is 34.7. The summed E-state index contributed by atoms with van der Waals surface area (Å²) in [5.74, 6) is 0.867. The molecule has 2 unspecified atom stereocenters. The molecule has 2 fully saturated rings. The Hall–Kier alpha value is -0.160. The Morgan fingerprint density at radius 1 is 1.29 bits per heavy atom. The number of nitrogens with zero attached hydrogens (tertiary/aromatic N) is 1. The van der Waals surface area contributed by atoms with Gasteiger partial charge in [0.05, 0.1) is 19.6 Å². The van der Waals surface area contributed by atoms with Crippen molar-refractivity contribution in [2.45, 2.75) is 31.8 Å². The fraction of sp³-hybridized carbons (Fsp3) is 0.571. The fourth-order valence-electron chi connectivity index (χ4n) is 3.73. The summed E-state index contributed by atoms with van der Waals surface area (Å²) in [6.07, 6.45) is 4.11. The summed E-state index contributed by atoms with van der Waals surface area (Å²) in [6, 6.07) is 8.01. The van der Waals surface area contributed by atoms with Gasteiger partial charge in [0.25, 0.3) is 0 Å². The van der Waals surface area contributed by atoms with Crippen LogP contribution in [0.3, 0.4) is 0 Å². The molecule has 1 aromatic rings. The smallest absolute Gasteiger partial charge is 0.132 e. The minimum atomic E-state index is -0.0374. The molecule has 1 saturated heterocycles. The van der Waals surface area contributed by atoms with Crippen LogP contribution in [0.1, 0.15) is 24.8 Å². The second-order valence-electron chi connectivity index (χ2n) is 5.74. The van der Waals surface area contributed by atoms with E-state index in [1.807, 2.05) is 12.1 Å². The van der Waals surface area contributed by atoms with Crippen molar-refractivity contribution >= 4 is 0 Å². The number of likely N-dealkylation sites (tertiary alicyclic amines) is 1. The number of benzene rings is 1. The van der Waals surface area contributed by atoms with Gasteiger partial charge in [-0.15, -0.1) is 0 Å². The van der Waals surface area contributed by atoms with Crippen molar-refractivity contribution in [2.24, 2.45) is 5.92 Å². The van der Waals surface area contributed by atoms with Gasteiger partial charge < -0.3 is 28.5 Å². The van der Waals surface area contributed by atoms with Crippen LogP contribution in [0.15, 0.2) is 24.3 Å². The first-order valence-electron chi connectivity index (χ1n) is 6.25. The maximum atomic E-state index is 13.6. The zero-order chi connectivity index (χ0) is 11.2. The largest absolute Gasteiger partial charge is 1.00 e. The molecule has 0 aromatic heterocycles. The topological polar surface area (TPSA) is 0 Å². The Labute approximate surface area is 120 Å². The highest BCUT2D eigenvalue weighted by Gasteiger charge is 2.48. The minimum Gasteiger partial charge on any atom is -1.00 e. The average molecular weight is 347 g/mol. The Morgan fingerprint density at radius 2 is 2.06 bits per heavy atom. The van der Waals surface area contributed by atoms with Crippen molar-refractivity contribution in [1.82, 2.24) is 0 Å². The number of quaternary nitrogens is 1. The lowest BCUT2D eigenvalue weighted by Crippen LogP contribution is -3.00. The van der Waals surface area contributed by atoms with E-state index in [-0.39, 0.29) is 29.8 Å². The summed E-state index contributed by atoms with van der Waals surface area (Å²) in [7, 11) is 2.30. The third-order valence-corrected chi connectivity index (χ3v) is 4.56. The van der Waals surface area contributed by atoms with Gasteiger partial charge in [-0.3, -0.25) is 0 Å². The summed E-state index contributed by atoms with van der Waals surface area (Å²) in [5, 5.41) is 0. The monoisotopic (exact) mass is 347 g/mol. The first-order valence-corrected chi connectivity index (χ1v) is 6.25. The van der Waals surface area contributed by atoms with Gasteiger partial charge in [-0.05, 0) is 18.9 Å². The number of hydrogen-bond acceptors (Lipinski definition) is 0. The van der Waals surface area contributed by atoms with Gasteiger partial charge in [0.15, 0.2) is 0 Å². The van der Waals surface area contributed by atoms with Gasteiger partial charge in [-0.2, -0.15) is 0 Å². The molecule has 0 spiro atoms. The summed E-state index contributed by atoms with van der Waals surface area (Å²) in [6.45, 7) is 2.12. The lowest BCUT2D eigenvalue weighted by atomic mass is 10.1. The van der Waals surface area contributed by atoms with Crippen LogP contribution in [0, 0.1) is 11.7 Å². The van der Waals surface area contributed by atoms with E-state index in [2.05, 4.69) is 7.05 Å². The van der Waals surface area contributed by atoms with E-state index in [1.54, 1.807) is 12.1 Å². The van der Waals surface area contributed by atoms with Crippen LogP contribution in [0.5, 0.6) is 0 Å². The van der Waals surface area contributed by atoms with Gasteiger partial charge in [0.1, 0.15) is 12.4 Å². The number of hydrogen-bond donors (Lipinski definition) is 0. The Balaban J connectivity index is 0.00000108. The van der Waals surface area contributed by atoms with Crippen LogP contribution >= 0.6 is 0 Å². The molecule has 0 radical (unpaired) electrons. The molecule has 17 heavy (non-hydrogen) atoms. The summed E-state index contributed by atoms with van der Waals surface area (Å²) >= 11 is 0. The van der Waals surface area contributed by atoms with Gasteiger partial charge in [-0.25, -0.2) is 4.39 Å². The molecule has 94 valence electrons. The first-order chi connectivity index (χ1) is 7.67. The van der Waals surface area contributed by atoms with E-state index in [4.69, 9.17) is 0 Å². The van der Waals surface area contributed by atoms with Gasteiger partial charge in [-0.1, -0.05) is 18.2 Å². The molecular weight excluding hydrogens is 328 g/mol. The first kappa shape index (κ1) is 13.3. The Kier molecular flexibility index (Phi) is 3.78. The van der Waals surface area contributed by atoms with E-state index >= 15 is 0 Å². The third-order valence-electron chi connectivity index (χ3n) is 4.56. The van der Waals surface area contributed by atoms with E-state index in [1.165, 1.54) is 25.8 Å². The predicted molar refractivity (Wildman–Crippen MR) is 62.3 cm³/mol. The summed E-state index contributed by atoms with van der Waals surface area (Å²) in [4.78, 5) is 0. The minimum absolute atomic E-state index is 0. The SMILES string of the molecule is C[N+]1(Cc2ccccc2F)CC2CC[C@H]1C2.[I-]. The predicted octanol–water partition coefficient (Wildman–Crippen LogP) is -0.0414. The zero-order valence-corrected chi connectivity index (χ0v) is 12.4. The van der Waals surface area contributed by atoms with Crippen LogP contribution in [0.2, 0.25) is 0 Å². The second-order valence-corrected chi connectivity index (χ2v) is 5.74. The maximum Gasteiger partial charge on any atom is 0.132 e. The van der Waals surface area contributed by atoms with Crippen molar-refractivity contribution < 1.29 is 32.9 Å².